The standard InChI is InChI=1S/C20H29N3O3.HI/c1-5-21-19(23-14-20(4,24)18-8-7-11-26-18)22-13-16-10-9-15(3)12-17(16)25-6-2;/h7-12,24H,5-6,13-14H2,1-4H3,(H2,21,22,23);1H. The van der Waals surface area contributed by atoms with Crippen molar-refractivity contribution in [1.29, 1.82) is 0 Å². The molecule has 0 fully saturated rings. The third-order valence-electron chi connectivity index (χ3n) is 3.93. The molecule has 0 aliphatic rings. The second-order valence-electron chi connectivity index (χ2n) is 6.34. The van der Waals surface area contributed by atoms with E-state index in [0.29, 0.717) is 24.9 Å². The normalized spacial score (nSPS) is 13.4. The summed E-state index contributed by atoms with van der Waals surface area (Å²) in [5.41, 5.74) is 1.05. The average molecular weight is 487 g/mol. The number of nitrogens with one attached hydrogen (secondary N) is 2. The minimum atomic E-state index is -1.12. The average Bonchev–Trinajstić information content (AvgIpc) is 3.14. The van der Waals surface area contributed by atoms with E-state index >= 15 is 0 Å². The van der Waals surface area contributed by atoms with Crippen molar-refractivity contribution in [1.82, 2.24) is 10.6 Å². The number of aryl methyl sites for hydroxylation is 1. The first kappa shape index (κ1) is 23.3. The number of hydrogen-bond donors (Lipinski definition) is 3. The van der Waals surface area contributed by atoms with Gasteiger partial charge in [0.25, 0.3) is 0 Å². The molecule has 0 bridgehead atoms. The molecule has 1 atom stereocenters. The number of rotatable bonds is 8. The van der Waals surface area contributed by atoms with Crippen LogP contribution in [-0.4, -0.2) is 30.8 Å². The van der Waals surface area contributed by atoms with Gasteiger partial charge in [-0.15, -0.1) is 24.0 Å². The van der Waals surface area contributed by atoms with Gasteiger partial charge in [0.15, 0.2) is 5.96 Å². The number of guanidine groups is 1. The molecular formula is C20H30IN3O3. The molecule has 0 spiro atoms. The van der Waals surface area contributed by atoms with Crippen LogP contribution in [0.5, 0.6) is 5.75 Å². The summed E-state index contributed by atoms with van der Waals surface area (Å²) in [5, 5.41) is 16.9. The van der Waals surface area contributed by atoms with Crippen molar-refractivity contribution in [3.63, 3.8) is 0 Å². The van der Waals surface area contributed by atoms with Crippen molar-refractivity contribution in [2.75, 3.05) is 19.7 Å². The van der Waals surface area contributed by atoms with Gasteiger partial charge in [0.1, 0.15) is 17.1 Å². The van der Waals surface area contributed by atoms with Crippen LogP contribution in [0.1, 0.15) is 37.7 Å². The van der Waals surface area contributed by atoms with Gasteiger partial charge in [-0.1, -0.05) is 12.1 Å². The quantitative estimate of drug-likeness (QED) is 0.302. The fourth-order valence-corrected chi connectivity index (χ4v) is 2.52. The molecule has 2 aromatic rings. The lowest BCUT2D eigenvalue weighted by Crippen LogP contribution is -2.44. The van der Waals surface area contributed by atoms with Gasteiger partial charge >= 0.3 is 0 Å². The number of halogens is 1. The summed E-state index contributed by atoms with van der Waals surface area (Å²) in [6.45, 7) is 9.81. The molecule has 0 radical (unpaired) electrons. The van der Waals surface area contributed by atoms with Gasteiger partial charge in [-0.2, -0.15) is 0 Å². The molecule has 7 heteroatoms. The summed E-state index contributed by atoms with van der Waals surface area (Å²) >= 11 is 0. The number of ether oxygens (including phenoxy) is 1. The van der Waals surface area contributed by atoms with Gasteiger partial charge in [0, 0.05) is 12.1 Å². The first-order chi connectivity index (χ1) is 12.5. The maximum Gasteiger partial charge on any atom is 0.191 e. The number of nitrogens with zero attached hydrogens (tertiary/aromatic N) is 1. The first-order valence-electron chi connectivity index (χ1n) is 8.97. The molecule has 0 saturated carbocycles. The van der Waals surface area contributed by atoms with Crippen LogP contribution in [0.25, 0.3) is 0 Å². The van der Waals surface area contributed by atoms with E-state index in [1.165, 1.54) is 0 Å². The van der Waals surface area contributed by atoms with Crippen molar-refractivity contribution < 1.29 is 14.3 Å². The lowest BCUT2D eigenvalue weighted by Gasteiger charge is -2.22. The van der Waals surface area contributed by atoms with Gasteiger partial charge in [-0.3, -0.25) is 0 Å². The number of aliphatic imine (C=N–C) groups is 1. The third-order valence-corrected chi connectivity index (χ3v) is 3.93. The Morgan fingerprint density at radius 2 is 2.04 bits per heavy atom. The van der Waals surface area contributed by atoms with Crippen LogP contribution < -0.4 is 15.4 Å². The van der Waals surface area contributed by atoms with Crippen LogP contribution in [0.15, 0.2) is 46.0 Å². The van der Waals surface area contributed by atoms with Gasteiger partial charge in [0.2, 0.25) is 0 Å². The highest BCUT2D eigenvalue weighted by molar-refractivity contribution is 14.0. The monoisotopic (exact) mass is 487 g/mol. The molecule has 0 aliphatic heterocycles. The van der Waals surface area contributed by atoms with E-state index in [0.717, 1.165) is 23.4 Å². The van der Waals surface area contributed by atoms with Crippen LogP contribution in [0.4, 0.5) is 0 Å². The van der Waals surface area contributed by atoms with E-state index in [1.54, 1.807) is 25.3 Å². The Balaban J connectivity index is 0.00000364. The molecular weight excluding hydrogens is 457 g/mol. The van der Waals surface area contributed by atoms with Crippen molar-refractivity contribution in [3.8, 4) is 5.75 Å². The largest absolute Gasteiger partial charge is 0.494 e. The second-order valence-corrected chi connectivity index (χ2v) is 6.34. The molecule has 1 unspecified atom stereocenters. The lowest BCUT2D eigenvalue weighted by atomic mass is 10.0. The highest BCUT2D eigenvalue weighted by atomic mass is 127. The maximum absolute atomic E-state index is 10.6. The second kappa shape index (κ2) is 11.2. The maximum atomic E-state index is 10.6. The number of furan rings is 1. The highest BCUT2D eigenvalue weighted by Gasteiger charge is 2.26. The molecule has 0 amide bonds. The van der Waals surface area contributed by atoms with E-state index in [2.05, 4.69) is 21.7 Å². The minimum absolute atomic E-state index is 0. The Morgan fingerprint density at radius 1 is 1.26 bits per heavy atom. The molecule has 27 heavy (non-hydrogen) atoms. The third kappa shape index (κ3) is 7.06. The van der Waals surface area contributed by atoms with E-state index < -0.39 is 5.60 Å². The van der Waals surface area contributed by atoms with Crippen molar-refractivity contribution in [3.05, 3.63) is 53.5 Å². The smallest absolute Gasteiger partial charge is 0.191 e. The number of hydrogen-bond acceptors (Lipinski definition) is 4. The number of aliphatic hydroxyl groups is 1. The summed E-state index contributed by atoms with van der Waals surface area (Å²) in [5.74, 6) is 2.00. The fraction of sp³-hybridized carbons (Fsp3) is 0.450. The summed E-state index contributed by atoms with van der Waals surface area (Å²) < 4.78 is 11.0. The SMILES string of the molecule is CCNC(=NCc1ccc(C)cc1OCC)NCC(C)(O)c1ccco1.I. The molecule has 1 heterocycles. The molecule has 1 aromatic carbocycles. The van der Waals surface area contributed by atoms with Crippen molar-refractivity contribution >= 4 is 29.9 Å². The van der Waals surface area contributed by atoms with Crippen LogP contribution in [0.2, 0.25) is 0 Å². The molecule has 0 aliphatic carbocycles. The Bertz CT molecular complexity index is 715. The molecule has 0 saturated heterocycles. The predicted molar refractivity (Wildman–Crippen MR) is 119 cm³/mol. The molecule has 150 valence electrons. The van der Waals surface area contributed by atoms with E-state index in [4.69, 9.17) is 9.15 Å². The lowest BCUT2D eigenvalue weighted by molar-refractivity contribution is 0.0386. The highest BCUT2D eigenvalue weighted by Crippen LogP contribution is 2.22. The fourth-order valence-electron chi connectivity index (χ4n) is 2.52. The summed E-state index contributed by atoms with van der Waals surface area (Å²) in [4.78, 5) is 4.61. The zero-order chi connectivity index (χ0) is 19.0. The first-order valence-corrected chi connectivity index (χ1v) is 8.97. The Hall–Kier alpha value is -1.74. The molecule has 2 rings (SSSR count). The molecule has 1 aromatic heterocycles. The van der Waals surface area contributed by atoms with Gasteiger partial charge in [-0.25, -0.2) is 4.99 Å². The Labute approximate surface area is 178 Å². The zero-order valence-corrected chi connectivity index (χ0v) is 18.7. The summed E-state index contributed by atoms with van der Waals surface area (Å²) in [7, 11) is 0. The molecule has 3 N–H and O–H groups in total. The van der Waals surface area contributed by atoms with Gasteiger partial charge < -0.3 is 24.9 Å². The topological polar surface area (TPSA) is 79.0 Å². The Kier molecular flexibility index (Phi) is 9.65. The van der Waals surface area contributed by atoms with Crippen LogP contribution in [-0.2, 0) is 12.1 Å². The van der Waals surface area contributed by atoms with E-state index in [-0.39, 0.29) is 30.5 Å². The number of benzene rings is 1. The molecule has 6 nitrogen and oxygen atoms in total. The Morgan fingerprint density at radius 3 is 2.67 bits per heavy atom. The van der Waals surface area contributed by atoms with Crippen LogP contribution in [0.3, 0.4) is 0 Å². The minimum Gasteiger partial charge on any atom is -0.494 e. The van der Waals surface area contributed by atoms with E-state index in [1.807, 2.05) is 32.9 Å². The van der Waals surface area contributed by atoms with Crippen molar-refractivity contribution in [2.24, 2.45) is 4.99 Å². The van der Waals surface area contributed by atoms with Gasteiger partial charge in [-0.05, 0) is 51.5 Å². The van der Waals surface area contributed by atoms with E-state index in [9.17, 15) is 5.11 Å². The van der Waals surface area contributed by atoms with Crippen molar-refractivity contribution in [2.45, 2.75) is 39.8 Å². The van der Waals surface area contributed by atoms with Crippen LogP contribution in [0, 0.1) is 6.92 Å². The summed E-state index contributed by atoms with van der Waals surface area (Å²) in [6.07, 6.45) is 1.55. The zero-order valence-electron chi connectivity index (χ0n) is 16.4. The van der Waals surface area contributed by atoms with Crippen LogP contribution >= 0.6 is 24.0 Å². The predicted octanol–water partition coefficient (Wildman–Crippen LogP) is 3.57. The van der Waals surface area contributed by atoms with Gasteiger partial charge in [0.05, 0.1) is 26.0 Å². The summed E-state index contributed by atoms with van der Waals surface area (Å²) in [6, 6.07) is 9.63.